The Morgan fingerprint density at radius 2 is 2.44 bits per heavy atom. The predicted molar refractivity (Wildman–Crippen MR) is 66.6 cm³/mol. The molecule has 2 rings (SSSR count). The Morgan fingerprint density at radius 1 is 1.56 bits per heavy atom. The third-order valence-corrected chi connectivity index (χ3v) is 4.22. The number of nitrogens with zero attached hydrogens (tertiary/aromatic N) is 1. The van der Waals surface area contributed by atoms with E-state index in [1.54, 1.807) is 24.5 Å². The Hall–Kier alpha value is -0.900. The first-order valence-electron chi connectivity index (χ1n) is 5.59. The van der Waals surface area contributed by atoms with Crippen molar-refractivity contribution in [3.8, 4) is 0 Å². The van der Waals surface area contributed by atoms with Crippen molar-refractivity contribution in [2.75, 3.05) is 6.54 Å². The van der Waals surface area contributed by atoms with Crippen LogP contribution in [0.1, 0.15) is 29.6 Å². The van der Waals surface area contributed by atoms with E-state index < -0.39 is 0 Å². The largest absolute Gasteiger partial charge is 0.352 e. The van der Waals surface area contributed by atoms with Gasteiger partial charge in [-0.25, -0.2) is 0 Å². The monoisotopic (exact) mass is 282 g/mol. The minimum absolute atomic E-state index is 0.0281. The van der Waals surface area contributed by atoms with Crippen molar-refractivity contribution in [1.82, 2.24) is 10.3 Å². The molecule has 1 N–H and O–H groups in total. The molecular formula is C12H15BrN2O. The van der Waals surface area contributed by atoms with Gasteiger partial charge in [-0.15, -0.1) is 0 Å². The number of carbonyl (C=O) groups excluding carboxylic acids is 1. The smallest absolute Gasteiger partial charge is 0.252 e. The van der Waals surface area contributed by atoms with Crippen molar-refractivity contribution in [3.63, 3.8) is 0 Å². The lowest BCUT2D eigenvalue weighted by atomic mass is 10.1. The zero-order valence-electron chi connectivity index (χ0n) is 9.03. The highest BCUT2D eigenvalue weighted by Crippen LogP contribution is 2.30. The third kappa shape index (κ3) is 2.82. The summed E-state index contributed by atoms with van der Waals surface area (Å²) in [5.74, 6) is 0.542. The van der Waals surface area contributed by atoms with E-state index in [0.29, 0.717) is 16.3 Å². The zero-order chi connectivity index (χ0) is 11.4. The fourth-order valence-corrected chi connectivity index (χ4v) is 2.82. The number of amides is 1. The van der Waals surface area contributed by atoms with Crippen LogP contribution in [0.3, 0.4) is 0 Å². The molecule has 0 radical (unpaired) electrons. The van der Waals surface area contributed by atoms with Crippen molar-refractivity contribution in [2.45, 2.75) is 24.1 Å². The van der Waals surface area contributed by atoms with Crippen LogP contribution in [-0.2, 0) is 0 Å². The lowest BCUT2D eigenvalue weighted by Crippen LogP contribution is -2.30. The molecular weight excluding hydrogens is 268 g/mol. The number of pyridine rings is 1. The molecule has 1 fully saturated rings. The van der Waals surface area contributed by atoms with Crippen molar-refractivity contribution < 1.29 is 4.79 Å². The van der Waals surface area contributed by atoms with Gasteiger partial charge in [-0.2, -0.15) is 0 Å². The molecule has 1 aliphatic rings. The molecule has 86 valence electrons. The molecule has 1 aromatic rings. The van der Waals surface area contributed by atoms with E-state index in [9.17, 15) is 4.79 Å². The number of hydrogen-bond acceptors (Lipinski definition) is 2. The molecule has 2 unspecified atom stereocenters. The maximum absolute atomic E-state index is 11.7. The van der Waals surface area contributed by atoms with E-state index in [4.69, 9.17) is 0 Å². The summed E-state index contributed by atoms with van der Waals surface area (Å²) < 4.78 is 0. The average Bonchev–Trinajstić information content (AvgIpc) is 2.73. The van der Waals surface area contributed by atoms with Crippen molar-refractivity contribution in [2.24, 2.45) is 5.92 Å². The lowest BCUT2D eigenvalue weighted by Gasteiger charge is -2.14. The van der Waals surface area contributed by atoms with Gasteiger partial charge in [-0.1, -0.05) is 22.4 Å². The summed E-state index contributed by atoms with van der Waals surface area (Å²) in [5.41, 5.74) is 0.631. The number of aromatic nitrogens is 1. The molecule has 0 aliphatic heterocycles. The minimum Gasteiger partial charge on any atom is -0.352 e. The van der Waals surface area contributed by atoms with Gasteiger partial charge >= 0.3 is 0 Å². The first kappa shape index (κ1) is 11.6. The Bertz CT molecular complexity index is 355. The van der Waals surface area contributed by atoms with Gasteiger partial charge in [0.1, 0.15) is 0 Å². The Balaban J connectivity index is 1.84. The van der Waals surface area contributed by atoms with E-state index in [1.165, 1.54) is 19.3 Å². The van der Waals surface area contributed by atoms with E-state index >= 15 is 0 Å². The van der Waals surface area contributed by atoms with Crippen LogP contribution in [0.5, 0.6) is 0 Å². The number of nitrogens with one attached hydrogen (secondary N) is 1. The predicted octanol–water partition coefficient (Wildman–Crippen LogP) is 2.38. The Labute approximate surface area is 104 Å². The van der Waals surface area contributed by atoms with Gasteiger partial charge in [0.05, 0.1) is 5.56 Å². The Morgan fingerprint density at radius 3 is 3.06 bits per heavy atom. The number of hydrogen-bond donors (Lipinski definition) is 1. The van der Waals surface area contributed by atoms with Gasteiger partial charge in [-0.3, -0.25) is 9.78 Å². The summed E-state index contributed by atoms with van der Waals surface area (Å²) in [6.07, 6.45) is 6.93. The molecule has 0 spiro atoms. The van der Waals surface area contributed by atoms with Crippen LogP contribution in [0, 0.1) is 5.92 Å². The molecule has 1 aliphatic carbocycles. The van der Waals surface area contributed by atoms with Crippen LogP contribution >= 0.6 is 15.9 Å². The van der Waals surface area contributed by atoms with E-state index in [2.05, 4.69) is 26.2 Å². The summed E-state index contributed by atoms with van der Waals surface area (Å²) in [6, 6.07) is 3.56. The highest BCUT2D eigenvalue weighted by Gasteiger charge is 2.25. The zero-order valence-corrected chi connectivity index (χ0v) is 10.6. The maximum Gasteiger partial charge on any atom is 0.252 e. The molecule has 0 aromatic carbocycles. The van der Waals surface area contributed by atoms with E-state index in [0.717, 1.165) is 6.54 Å². The lowest BCUT2D eigenvalue weighted by molar-refractivity contribution is 0.0947. The van der Waals surface area contributed by atoms with Crippen molar-refractivity contribution >= 4 is 21.8 Å². The number of carbonyl (C=O) groups is 1. The summed E-state index contributed by atoms with van der Waals surface area (Å²) >= 11 is 3.65. The topological polar surface area (TPSA) is 42.0 Å². The average molecular weight is 283 g/mol. The number of rotatable bonds is 3. The van der Waals surface area contributed by atoms with Crippen LogP contribution in [0.2, 0.25) is 0 Å². The summed E-state index contributed by atoms with van der Waals surface area (Å²) in [6.45, 7) is 0.754. The summed E-state index contributed by atoms with van der Waals surface area (Å²) in [4.78, 5) is 16.2. The van der Waals surface area contributed by atoms with Crippen LogP contribution < -0.4 is 5.32 Å². The molecule has 16 heavy (non-hydrogen) atoms. The molecule has 1 saturated carbocycles. The van der Waals surface area contributed by atoms with E-state index in [1.807, 2.05) is 0 Å². The summed E-state index contributed by atoms with van der Waals surface area (Å²) in [5, 5.41) is 2.96. The molecule has 3 nitrogen and oxygen atoms in total. The van der Waals surface area contributed by atoms with Gasteiger partial charge < -0.3 is 5.32 Å². The second kappa shape index (κ2) is 5.43. The first-order valence-corrected chi connectivity index (χ1v) is 6.51. The van der Waals surface area contributed by atoms with Gasteiger partial charge in [0, 0.05) is 23.8 Å². The number of alkyl halides is 1. The highest BCUT2D eigenvalue weighted by molar-refractivity contribution is 9.09. The normalized spacial score (nSPS) is 24.3. The van der Waals surface area contributed by atoms with Gasteiger partial charge in [0.2, 0.25) is 0 Å². The molecule has 2 atom stereocenters. The van der Waals surface area contributed by atoms with Gasteiger partial charge in [0.25, 0.3) is 5.91 Å². The summed E-state index contributed by atoms with van der Waals surface area (Å²) in [7, 11) is 0. The standard InChI is InChI=1S/C12H15BrN2O/c13-11-5-1-3-9(11)8-15-12(16)10-4-2-6-14-7-10/h2,4,6-7,9,11H,1,3,5,8H2,(H,15,16). The first-order chi connectivity index (χ1) is 7.77. The molecule has 4 heteroatoms. The molecule has 0 bridgehead atoms. The molecule has 1 heterocycles. The van der Waals surface area contributed by atoms with Gasteiger partial charge in [-0.05, 0) is 30.9 Å². The second-order valence-corrected chi connectivity index (χ2v) is 5.33. The quantitative estimate of drug-likeness (QED) is 0.865. The van der Waals surface area contributed by atoms with Crippen LogP contribution in [0.25, 0.3) is 0 Å². The SMILES string of the molecule is O=C(NCC1CCCC1Br)c1cccnc1. The second-order valence-electron chi connectivity index (χ2n) is 4.16. The van der Waals surface area contributed by atoms with E-state index in [-0.39, 0.29) is 5.91 Å². The Kier molecular flexibility index (Phi) is 3.93. The van der Waals surface area contributed by atoms with Crippen LogP contribution in [0.15, 0.2) is 24.5 Å². The molecule has 0 saturated heterocycles. The van der Waals surface area contributed by atoms with Gasteiger partial charge in [0.15, 0.2) is 0 Å². The number of halogens is 1. The highest BCUT2D eigenvalue weighted by atomic mass is 79.9. The fraction of sp³-hybridized carbons (Fsp3) is 0.500. The fourth-order valence-electron chi connectivity index (χ4n) is 2.04. The third-order valence-electron chi connectivity index (χ3n) is 3.01. The van der Waals surface area contributed by atoms with Crippen LogP contribution in [0.4, 0.5) is 0 Å². The molecule has 1 amide bonds. The van der Waals surface area contributed by atoms with Crippen LogP contribution in [-0.4, -0.2) is 22.3 Å². The van der Waals surface area contributed by atoms with Crippen molar-refractivity contribution in [3.05, 3.63) is 30.1 Å². The molecule has 1 aromatic heterocycles. The maximum atomic E-state index is 11.7. The minimum atomic E-state index is -0.0281. The van der Waals surface area contributed by atoms with Crippen molar-refractivity contribution in [1.29, 1.82) is 0 Å².